The summed E-state index contributed by atoms with van der Waals surface area (Å²) in [6.45, 7) is 4.16. The second-order valence-electron chi connectivity index (χ2n) is 5.64. The Bertz CT molecular complexity index is 762. The largest absolute Gasteiger partial charge is 0.436 e. The zero-order valence-corrected chi connectivity index (χ0v) is 13.2. The summed E-state index contributed by atoms with van der Waals surface area (Å²) in [7, 11) is 0. The molecule has 0 fully saturated rings. The molecule has 2 aromatic carbocycles. The minimum Gasteiger partial charge on any atom is -0.436 e. The number of nitrogens with zero attached hydrogens (tertiary/aromatic N) is 2. The monoisotopic (exact) mass is 309 g/mol. The number of hydrogen-bond donors (Lipinski definition) is 2. The van der Waals surface area contributed by atoms with Gasteiger partial charge >= 0.3 is 0 Å². The van der Waals surface area contributed by atoms with Gasteiger partial charge in [-0.2, -0.15) is 10.3 Å². The Kier molecular flexibility index (Phi) is 4.39. The van der Waals surface area contributed by atoms with E-state index in [1.165, 1.54) is 11.1 Å². The topological polar surface area (TPSA) is 71.0 Å². The molecule has 0 atom stereocenters. The van der Waals surface area contributed by atoms with Gasteiger partial charge in [0.15, 0.2) is 5.69 Å². The third kappa shape index (κ3) is 3.40. The van der Waals surface area contributed by atoms with Crippen LogP contribution < -0.4 is 4.74 Å². The predicted octanol–water partition coefficient (Wildman–Crippen LogP) is 3.88. The molecule has 23 heavy (non-hydrogen) atoms. The Morgan fingerprint density at radius 1 is 0.957 bits per heavy atom. The fraction of sp³-hybridized carbons (Fsp3) is 0.222. The second-order valence-corrected chi connectivity index (χ2v) is 5.64. The van der Waals surface area contributed by atoms with Crippen molar-refractivity contribution < 1.29 is 9.84 Å². The van der Waals surface area contributed by atoms with Crippen molar-refractivity contribution in [3.63, 3.8) is 0 Å². The number of hydrogen-bond acceptors (Lipinski definition) is 4. The van der Waals surface area contributed by atoms with Crippen LogP contribution in [0.1, 0.15) is 31.0 Å². The van der Waals surface area contributed by atoms with E-state index in [-0.39, 0.29) is 6.61 Å². The van der Waals surface area contributed by atoms with Crippen molar-refractivity contribution in [2.24, 2.45) is 0 Å². The standard InChI is InChI=1S/C18H19N3O2/c1-12(2)13-3-5-14(6-4-13)15-7-9-16(10-8-15)23-18-17(11-22)19-21-20-18/h3-10,12,22H,11H2,1-2H3,(H,19,20,21). The molecule has 0 aliphatic rings. The van der Waals surface area contributed by atoms with Gasteiger partial charge in [0.05, 0.1) is 6.61 Å². The van der Waals surface area contributed by atoms with E-state index in [2.05, 4.69) is 53.5 Å². The van der Waals surface area contributed by atoms with E-state index in [9.17, 15) is 0 Å². The van der Waals surface area contributed by atoms with E-state index < -0.39 is 0 Å². The van der Waals surface area contributed by atoms with E-state index in [0.29, 0.717) is 23.2 Å². The van der Waals surface area contributed by atoms with Crippen LogP contribution in [0.3, 0.4) is 0 Å². The van der Waals surface area contributed by atoms with Gasteiger partial charge in [0.1, 0.15) is 5.75 Å². The number of aliphatic hydroxyl groups is 1. The summed E-state index contributed by atoms with van der Waals surface area (Å²) in [5, 5.41) is 19.3. The molecule has 0 bridgehead atoms. The lowest BCUT2D eigenvalue weighted by atomic mass is 9.99. The predicted molar refractivity (Wildman–Crippen MR) is 88.3 cm³/mol. The molecule has 0 aliphatic heterocycles. The van der Waals surface area contributed by atoms with Gasteiger partial charge < -0.3 is 9.84 Å². The van der Waals surface area contributed by atoms with Gasteiger partial charge in [0.2, 0.25) is 0 Å². The SMILES string of the molecule is CC(C)c1ccc(-c2ccc(Oc3n[nH]nc3CO)cc2)cc1. The number of rotatable bonds is 5. The smallest absolute Gasteiger partial charge is 0.264 e. The van der Waals surface area contributed by atoms with Crippen LogP contribution in [0.4, 0.5) is 0 Å². The number of ether oxygens (including phenoxy) is 1. The molecular formula is C18H19N3O2. The van der Waals surface area contributed by atoms with Crippen LogP contribution in [0.5, 0.6) is 11.6 Å². The maximum Gasteiger partial charge on any atom is 0.264 e. The lowest BCUT2D eigenvalue weighted by molar-refractivity contribution is 0.271. The van der Waals surface area contributed by atoms with Crippen molar-refractivity contribution >= 4 is 0 Å². The van der Waals surface area contributed by atoms with Crippen molar-refractivity contribution in [1.29, 1.82) is 0 Å². The molecule has 0 aliphatic carbocycles. The summed E-state index contributed by atoms with van der Waals surface area (Å²) in [5.41, 5.74) is 4.00. The van der Waals surface area contributed by atoms with Gasteiger partial charge in [-0.25, -0.2) is 0 Å². The van der Waals surface area contributed by atoms with Crippen molar-refractivity contribution in [1.82, 2.24) is 15.4 Å². The van der Waals surface area contributed by atoms with E-state index >= 15 is 0 Å². The molecule has 2 N–H and O–H groups in total. The van der Waals surface area contributed by atoms with Crippen molar-refractivity contribution in [3.05, 3.63) is 59.8 Å². The first kappa shape index (κ1) is 15.2. The molecule has 0 radical (unpaired) electrons. The quantitative estimate of drug-likeness (QED) is 0.750. The molecule has 5 nitrogen and oxygen atoms in total. The molecule has 0 spiro atoms. The number of nitrogens with one attached hydrogen (secondary N) is 1. The molecule has 0 amide bonds. The van der Waals surface area contributed by atoms with Gasteiger partial charge in [-0.3, -0.25) is 0 Å². The van der Waals surface area contributed by atoms with Gasteiger partial charge in [0, 0.05) is 0 Å². The first-order valence-electron chi connectivity index (χ1n) is 7.56. The molecule has 118 valence electrons. The lowest BCUT2D eigenvalue weighted by Crippen LogP contribution is -1.91. The molecular weight excluding hydrogens is 290 g/mol. The summed E-state index contributed by atoms with van der Waals surface area (Å²) in [6.07, 6.45) is 0. The average molecular weight is 309 g/mol. The fourth-order valence-electron chi connectivity index (χ4n) is 2.32. The molecule has 3 aromatic rings. The molecule has 1 heterocycles. The number of aromatic nitrogens is 3. The Labute approximate surface area is 134 Å². The van der Waals surface area contributed by atoms with Crippen LogP contribution in [0.2, 0.25) is 0 Å². The molecule has 0 unspecified atom stereocenters. The third-order valence-corrected chi connectivity index (χ3v) is 3.71. The van der Waals surface area contributed by atoms with E-state index in [0.717, 1.165) is 5.56 Å². The van der Waals surface area contributed by atoms with E-state index in [1.807, 2.05) is 24.3 Å². The maximum absolute atomic E-state index is 9.14. The van der Waals surface area contributed by atoms with Crippen LogP contribution in [0, 0.1) is 0 Å². The van der Waals surface area contributed by atoms with Crippen LogP contribution in [-0.4, -0.2) is 20.5 Å². The molecule has 3 rings (SSSR count). The van der Waals surface area contributed by atoms with Gasteiger partial charge in [-0.05, 0) is 34.7 Å². The number of benzene rings is 2. The Morgan fingerprint density at radius 2 is 1.57 bits per heavy atom. The Balaban J connectivity index is 1.76. The summed E-state index contributed by atoms with van der Waals surface area (Å²) in [6, 6.07) is 16.3. The first-order chi connectivity index (χ1) is 11.2. The summed E-state index contributed by atoms with van der Waals surface area (Å²) in [5.74, 6) is 1.47. The zero-order chi connectivity index (χ0) is 16.2. The summed E-state index contributed by atoms with van der Waals surface area (Å²) < 4.78 is 5.62. The average Bonchev–Trinajstić information content (AvgIpc) is 3.03. The van der Waals surface area contributed by atoms with Gasteiger partial charge in [0.25, 0.3) is 5.88 Å². The number of aliphatic hydroxyl groups excluding tert-OH is 1. The molecule has 5 heteroatoms. The first-order valence-corrected chi connectivity index (χ1v) is 7.56. The highest BCUT2D eigenvalue weighted by atomic mass is 16.5. The highest BCUT2D eigenvalue weighted by Gasteiger charge is 2.09. The van der Waals surface area contributed by atoms with E-state index in [1.54, 1.807) is 0 Å². The number of H-pyrrole nitrogens is 1. The highest BCUT2D eigenvalue weighted by Crippen LogP contribution is 2.27. The van der Waals surface area contributed by atoms with Crippen molar-refractivity contribution in [2.75, 3.05) is 0 Å². The van der Waals surface area contributed by atoms with Gasteiger partial charge in [-0.15, -0.1) is 5.10 Å². The summed E-state index contributed by atoms with van der Waals surface area (Å²) in [4.78, 5) is 0. The molecule has 0 saturated carbocycles. The van der Waals surface area contributed by atoms with Crippen LogP contribution >= 0.6 is 0 Å². The van der Waals surface area contributed by atoms with E-state index in [4.69, 9.17) is 9.84 Å². The highest BCUT2D eigenvalue weighted by molar-refractivity contribution is 5.64. The second kappa shape index (κ2) is 6.62. The molecule has 1 aromatic heterocycles. The van der Waals surface area contributed by atoms with Gasteiger partial charge in [-0.1, -0.05) is 50.2 Å². The fourth-order valence-corrected chi connectivity index (χ4v) is 2.32. The molecule has 0 saturated heterocycles. The van der Waals surface area contributed by atoms with Crippen LogP contribution in [0.15, 0.2) is 48.5 Å². The summed E-state index contributed by atoms with van der Waals surface area (Å²) >= 11 is 0. The minimum atomic E-state index is -0.216. The normalized spacial score (nSPS) is 11.0. The number of aromatic amines is 1. The Morgan fingerprint density at radius 3 is 2.13 bits per heavy atom. The lowest BCUT2D eigenvalue weighted by Gasteiger charge is -2.08. The maximum atomic E-state index is 9.14. The van der Waals surface area contributed by atoms with Crippen molar-refractivity contribution in [2.45, 2.75) is 26.4 Å². The zero-order valence-electron chi connectivity index (χ0n) is 13.2. The van der Waals surface area contributed by atoms with Crippen molar-refractivity contribution in [3.8, 4) is 22.8 Å². The van der Waals surface area contributed by atoms with Crippen LogP contribution in [0.25, 0.3) is 11.1 Å². The van der Waals surface area contributed by atoms with Crippen LogP contribution in [-0.2, 0) is 6.61 Å². The Hall–Kier alpha value is -2.66. The third-order valence-electron chi connectivity index (χ3n) is 3.71. The minimum absolute atomic E-state index is 0.216.